The van der Waals surface area contributed by atoms with Gasteiger partial charge in [0.2, 0.25) is 5.89 Å². The average molecular weight is 401 g/mol. The van der Waals surface area contributed by atoms with Crippen molar-refractivity contribution in [3.8, 4) is 22.8 Å². The second-order valence-electron chi connectivity index (χ2n) is 6.09. The van der Waals surface area contributed by atoms with Gasteiger partial charge < -0.3 is 4.42 Å². The van der Waals surface area contributed by atoms with Gasteiger partial charge in [-0.15, -0.1) is 10.2 Å². The van der Waals surface area contributed by atoms with E-state index in [0.29, 0.717) is 27.5 Å². The highest BCUT2D eigenvalue weighted by atomic mass is 32.2. The summed E-state index contributed by atoms with van der Waals surface area (Å²) in [6.45, 7) is 0. The zero-order valence-electron chi connectivity index (χ0n) is 14.9. The van der Waals surface area contributed by atoms with Gasteiger partial charge in [-0.05, 0) is 54.2 Å². The molecule has 2 aromatic carbocycles. The molecule has 0 aliphatic heterocycles. The summed E-state index contributed by atoms with van der Waals surface area (Å²) < 4.78 is 18.9. The van der Waals surface area contributed by atoms with Crippen molar-refractivity contribution in [2.45, 2.75) is 10.2 Å². The van der Waals surface area contributed by atoms with Crippen LogP contribution in [0.2, 0.25) is 0 Å². The van der Waals surface area contributed by atoms with E-state index in [9.17, 15) is 4.39 Å². The monoisotopic (exact) mass is 401 g/mol. The Morgan fingerprint density at radius 1 is 0.828 bits per heavy atom. The summed E-state index contributed by atoms with van der Waals surface area (Å²) in [7, 11) is 0. The Balaban J connectivity index is 1.54. The van der Waals surface area contributed by atoms with E-state index in [-0.39, 0.29) is 5.82 Å². The van der Waals surface area contributed by atoms with Crippen LogP contribution < -0.4 is 0 Å². The van der Waals surface area contributed by atoms with Gasteiger partial charge in [0.25, 0.3) is 5.22 Å². The van der Waals surface area contributed by atoms with Crippen molar-refractivity contribution in [1.29, 1.82) is 0 Å². The number of halogens is 1. The molecule has 8 heteroatoms. The van der Waals surface area contributed by atoms with Crippen molar-refractivity contribution in [3.63, 3.8) is 0 Å². The van der Waals surface area contributed by atoms with Gasteiger partial charge in [-0.3, -0.25) is 4.98 Å². The molecule has 6 nitrogen and oxygen atoms in total. The second kappa shape index (κ2) is 7.40. The lowest BCUT2D eigenvalue weighted by Crippen LogP contribution is -1.94. The van der Waals surface area contributed by atoms with Crippen LogP contribution in [0.15, 0.2) is 87.7 Å². The smallest absolute Gasteiger partial charge is 0.283 e. The lowest BCUT2D eigenvalue weighted by molar-refractivity contribution is 0.465. The van der Waals surface area contributed by atoms with E-state index in [1.54, 1.807) is 24.5 Å². The first-order valence-corrected chi connectivity index (χ1v) is 9.52. The molecule has 0 bridgehead atoms. The molecule has 0 unspecified atom stereocenters. The largest absolute Gasteiger partial charge is 0.411 e. The summed E-state index contributed by atoms with van der Waals surface area (Å²) in [6, 6.07) is 17.4. The summed E-state index contributed by atoms with van der Waals surface area (Å²) in [5, 5.41) is 10.1. The fourth-order valence-electron chi connectivity index (χ4n) is 2.79. The van der Waals surface area contributed by atoms with Gasteiger partial charge in [0.1, 0.15) is 10.8 Å². The molecule has 0 radical (unpaired) electrons. The number of pyridine rings is 1. The van der Waals surface area contributed by atoms with Crippen molar-refractivity contribution in [2.75, 3.05) is 0 Å². The van der Waals surface area contributed by atoms with Crippen molar-refractivity contribution in [1.82, 2.24) is 25.1 Å². The van der Waals surface area contributed by atoms with Crippen LogP contribution in [-0.4, -0.2) is 25.1 Å². The highest BCUT2D eigenvalue weighted by Gasteiger charge is 2.15. The molecule has 0 spiro atoms. The van der Waals surface area contributed by atoms with E-state index in [2.05, 4.69) is 20.2 Å². The Morgan fingerprint density at radius 3 is 2.52 bits per heavy atom. The minimum atomic E-state index is -0.321. The van der Waals surface area contributed by atoms with Crippen molar-refractivity contribution in [3.05, 3.63) is 78.9 Å². The first-order valence-electron chi connectivity index (χ1n) is 8.71. The van der Waals surface area contributed by atoms with E-state index >= 15 is 0 Å². The molecule has 3 heterocycles. The van der Waals surface area contributed by atoms with Crippen molar-refractivity contribution >= 4 is 22.7 Å². The fraction of sp³-hybridized carbons (Fsp3) is 0. The van der Waals surface area contributed by atoms with Gasteiger partial charge in [0.15, 0.2) is 5.82 Å². The van der Waals surface area contributed by atoms with Crippen molar-refractivity contribution in [2.24, 2.45) is 0 Å². The van der Waals surface area contributed by atoms with E-state index in [1.807, 2.05) is 36.4 Å². The fourth-order valence-corrected chi connectivity index (χ4v) is 3.57. The van der Waals surface area contributed by atoms with Gasteiger partial charge in [-0.1, -0.05) is 18.2 Å². The summed E-state index contributed by atoms with van der Waals surface area (Å²) in [5.41, 5.74) is 2.27. The maximum absolute atomic E-state index is 13.1. The summed E-state index contributed by atoms with van der Waals surface area (Å²) in [6.07, 6.45) is 3.42. The van der Waals surface area contributed by atoms with E-state index in [0.717, 1.165) is 16.5 Å². The van der Waals surface area contributed by atoms with Gasteiger partial charge in [-0.25, -0.2) is 14.4 Å². The molecule has 0 aliphatic carbocycles. The minimum absolute atomic E-state index is 0.318. The number of fused-ring (bicyclic) bond motifs is 1. The molecular formula is C21H12FN5OS. The Morgan fingerprint density at radius 2 is 1.69 bits per heavy atom. The van der Waals surface area contributed by atoms with Gasteiger partial charge in [0, 0.05) is 28.9 Å². The maximum atomic E-state index is 13.1. The second-order valence-corrected chi connectivity index (χ2v) is 7.03. The Kier molecular flexibility index (Phi) is 4.45. The third-order valence-corrected chi connectivity index (χ3v) is 5.01. The normalized spacial score (nSPS) is 11.1. The topological polar surface area (TPSA) is 77.6 Å². The molecule has 5 aromatic rings. The molecule has 0 amide bonds. The molecule has 0 saturated heterocycles. The lowest BCUT2D eigenvalue weighted by Gasteiger charge is -2.06. The van der Waals surface area contributed by atoms with Crippen LogP contribution in [0.3, 0.4) is 0 Å². The van der Waals surface area contributed by atoms with Crippen LogP contribution >= 0.6 is 11.8 Å². The molecule has 29 heavy (non-hydrogen) atoms. The third kappa shape index (κ3) is 3.57. The summed E-state index contributed by atoms with van der Waals surface area (Å²) >= 11 is 1.26. The van der Waals surface area contributed by atoms with Gasteiger partial charge in [0.05, 0.1) is 5.52 Å². The number of hydrogen-bond acceptors (Lipinski definition) is 7. The number of nitrogens with zero attached hydrogens (tertiary/aromatic N) is 5. The molecule has 3 aromatic heterocycles. The standard InChI is InChI=1S/C21H12FN5OS/c22-15-9-7-13(8-10-15)19-26-27-21(28-19)29-20-16-5-1-2-6-17(16)24-18(25-20)14-4-3-11-23-12-14/h1-12H. The van der Waals surface area contributed by atoms with Gasteiger partial charge in [-0.2, -0.15) is 0 Å². The van der Waals surface area contributed by atoms with E-state index < -0.39 is 0 Å². The van der Waals surface area contributed by atoms with Gasteiger partial charge >= 0.3 is 0 Å². The maximum Gasteiger partial charge on any atom is 0.283 e. The number of hydrogen-bond donors (Lipinski definition) is 0. The molecular weight excluding hydrogens is 389 g/mol. The first kappa shape index (κ1) is 17.4. The quantitative estimate of drug-likeness (QED) is 0.391. The Labute approximate surface area is 168 Å². The van der Waals surface area contributed by atoms with E-state index in [1.165, 1.54) is 23.9 Å². The molecule has 140 valence electrons. The third-order valence-electron chi connectivity index (χ3n) is 4.17. The summed E-state index contributed by atoms with van der Waals surface area (Å²) in [5.74, 6) is 0.564. The first-order chi connectivity index (χ1) is 14.3. The number of rotatable bonds is 4. The van der Waals surface area contributed by atoms with E-state index in [4.69, 9.17) is 9.40 Å². The SMILES string of the molecule is Fc1ccc(-c2nnc(Sc3nc(-c4cccnc4)nc4ccccc34)o2)cc1. The van der Waals surface area contributed by atoms with Crippen LogP contribution in [0.25, 0.3) is 33.7 Å². The average Bonchev–Trinajstić information content (AvgIpc) is 3.23. The predicted molar refractivity (Wildman–Crippen MR) is 107 cm³/mol. The molecule has 0 atom stereocenters. The predicted octanol–water partition coefficient (Wildman–Crippen LogP) is 5.03. The number of benzene rings is 2. The summed E-state index contributed by atoms with van der Waals surface area (Å²) in [4.78, 5) is 13.5. The molecule has 0 fully saturated rings. The highest BCUT2D eigenvalue weighted by molar-refractivity contribution is 7.99. The van der Waals surface area contributed by atoms with Crippen LogP contribution in [0.4, 0.5) is 4.39 Å². The minimum Gasteiger partial charge on any atom is -0.411 e. The number of aromatic nitrogens is 5. The zero-order chi connectivity index (χ0) is 19.6. The van der Waals surface area contributed by atoms with Crippen molar-refractivity contribution < 1.29 is 8.81 Å². The van der Waals surface area contributed by atoms with Crippen LogP contribution in [0, 0.1) is 5.82 Å². The van der Waals surface area contributed by atoms with Crippen LogP contribution in [-0.2, 0) is 0 Å². The van der Waals surface area contributed by atoms with Crippen LogP contribution in [0.5, 0.6) is 0 Å². The van der Waals surface area contributed by atoms with Crippen LogP contribution in [0.1, 0.15) is 0 Å². The lowest BCUT2D eigenvalue weighted by atomic mass is 10.2. The number of para-hydroxylation sites is 1. The molecule has 0 N–H and O–H groups in total. The molecule has 0 aliphatic rings. The molecule has 5 rings (SSSR count). The Bertz CT molecular complexity index is 1290. The Hall–Kier alpha value is -3.65. The highest BCUT2D eigenvalue weighted by Crippen LogP contribution is 2.33. The molecule has 0 saturated carbocycles. The zero-order valence-corrected chi connectivity index (χ0v) is 15.7.